The molecule has 2 rings (SSSR count). The van der Waals surface area contributed by atoms with Crippen molar-refractivity contribution in [3.8, 4) is 0 Å². The molecular formula is C13H21BClN3O. The normalized spacial score (nSPS) is 20.3. The zero-order valence-electron chi connectivity index (χ0n) is 11.6. The molecule has 1 aromatic heterocycles. The Hall–Kier alpha value is -0.775. The Bertz CT molecular complexity index is 430. The minimum Gasteiger partial charge on any atom is -0.437 e. The maximum absolute atomic E-state index is 9.67. The first-order valence-corrected chi connectivity index (χ1v) is 7.31. The van der Waals surface area contributed by atoms with Crippen LogP contribution in [0.2, 0.25) is 12.0 Å². The van der Waals surface area contributed by atoms with Crippen molar-refractivity contribution in [3.63, 3.8) is 0 Å². The highest BCUT2D eigenvalue weighted by Crippen LogP contribution is 2.22. The maximum Gasteiger partial charge on any atom is 0.376 e. The van der Waals surface area contributed by atoms with Gasteiger partial charge in [0, 0.05) is 24.5 Å². The molecule has 0 unspecified atom stereocenters. The second kappa shape index (κ2) is 6.59. The van der Waals surface area contributed by atoms with Crippen LogP contribution in [-0.2, 0) is 6.42 Å². The third-order valence-corrected chi connectivity index (χ3v) is 3.88. The number of halogens is 1. The zero-order chi connectivity index (χ0) is 13.8. The summed E-state index contributed by atoms with van der Waals surface area (Å²) in [7, 11) is -0.378. The van der Waals surface area contributed by atoms with Crippen LogP contribution in [0.5, 0.6) is 0 Å². The second-order valence-electron chi connectivity index (χ2n) is 5.13. The number of rotatable bonds is 4. The van der Waals surface area contributed by atoms with E-state index in [4.69, 9.17) is 11.6 Å². The van der Waals surface area contributed by atoms with Gasteiger partial charge in [-0.3, -0.25) is 0 Å². The first kappa shape index (κ1) is 14.6. The Kier molecular flexibility index (Phi) is 5.08. The average molecular weight is 282 g/mol. The van der Waals surface area contributed by atoms with E-state index in [1.54, 1.807) is 0 Å². The van der Waals surface area contributed by atoms with Gasteiger partial charge in [-0.15, -0.1) is 0 Å². The molecule has 0 aliphatic carbocycles. The smallest absolute Gasteiger partial charge is 0.376 e. The molecule has 1 atom stereocenters. The molecule has 0 aromatic carbocycles. The van der Waals surface area contributed by atoms with Crippen LogP contribution in [0.4, 0.5) is 5.69 Å². The van der Waals surface area contributed by atoms with E-state index in [2.05, 4.69) is 22.0 Å². The van der Waals surface area contributed by atoms with Crippen molar-refractivity contribution >= 4 is 24.3 Å². The Morgan fingerprint density at radius 3 is 3.11 bits per heavy atom. The number of hydrogen-bond donors (Lipinski definition) is 2. The van der Waals surface area contributed by atoms with E-state index >= 15 is 0 Å². The number of piperidine rings is 1. The van der Waals surface area contributed by atoms with E-state index < -0.39 is 0 Å². The summed E-state index contributed by atoms with van der Waals surface area (Å²) in [5.41, 5.74) is 2.25. The van der Waals surface area contributed by atoms with E-state index in [0.29, 0.717) is 11.2 Å². The topological polar surface area (TPSA) is 48.4 Å². The number of hydrogen-bond acceptors (Lipinski definition) is 4. The fourth-order valence-electron chi connectivity index (χ4n) is 2.56. The Labute approximate surface area is 120 Å². The lowest BCUT2D eigenvalue weighted by atomic mass is 9.82. The van der Waals surface area contributed by atoms with Crippen molar-refractivity contribution in [2.75, 3.05) is 18.4 Å². The summed E-state index contributed by atoms with van der Waals surface area (Å²) in [6.45, 7) is 5.76. The zero-order valence-corrected chi connectivity index (χ0v) is 12.3. The molecule has 2 heterocycles. The molecule has 1 aliphatic heterocycles. The number of nitrogens with one attached hydrogen (secondary N) is 1. The van der Waals surface area contributed by atoms with Crippen LogP contribution in [0, 0.1) is 0 Å². The van der Waals surface area contributed by atoms with Crippen molar-refractivity contribution in [1.29, 1.82) is 0 Å². The number of nitrogens with zero attached hydrogens (tertiary/aromatic N) is 2. The van der Waals surface area contributed by atoms with Crippen LogP contribution in [-0.4, -0.2) is 41.0 Å². The highest BCUT2D eigenvalue weighted by molar-refractivity contribution is 6.45. The predicted octanol–water partition coefficient (Wildman–Crippen LogP) is 2.28. The number of anilines is 1. The lowest BCUT2D eigenvalue weighted by Crippen LogP contribution is -2.48. The highest BCUT2D eigenvalue weighted by Gasteiger charge is 2.25. The fourth-order valence-corrected chi connectivity index (χ4v) is 2.72. The van der Waals surface area contributed by atoms with Crippen molar-refractivity contribution in [1.82, 2.24) is 9.79 Å². The van der Waals surface area contributed by atoms with Gasteiger partial charge in [-0.25, -0.2) is 4.98 Å². The van der Waals surface area contributed by atoms with Gasteiger partial charge in [0.25, 0.3) is 0 Å². The molecule has 6 heteroatoms. The minimum atomic E-state index is -0.378. The highest BCUT2D eigenvalue weighted by atomic mass is 35.5. The van der Waals surface area contributed by atoms with Crippen molar-refractivity contribution < 1.29 is 5.02 Å². The van der Waals surface area contributed by atoms with Gasteiger partial charge in [0.15, 0.2) is 0 Å². The summed E-state index contributed by atoms with van der Waals surface area (Å²) in [4.78, 5) is 6.21. The Balaban J connectivity index is 2.06. The maximum atomic E-state index is 9.67. The first-order chi connectivity index (χ1) is 9.10. The largest absolute Gasteiger partial charge is 0.437 e. The summed E-state index contributed by atoms with van der Waals surface area (Å²) < 4.78 is 0. The SMILES string of the molecule is CCc1cnc(Cl)cc1N[C@@H]1CCCN(B(C)O)C1. The quantitative estimate of drug-likeness (QED) is 0.657. The fraction of sp³-hybridized carbons (Fsp3) is 0.615. The lowest BCUT2D eigenvalue weighted by molar-refractivity contribution is 0.295. The third-order valence-electron chi connectivity index (χ3n) is 3.67. The van der Waals surface area contributed by atoms with Crippen LogP contribution >= 0.6 is 11.6 Å². The van der Waals surface area contributed by atoms with Gasteiger partial charge in [-0.1, -0.05) is 18.5 Å². The second-order valence-corrected chi connectivity index (χ2v) is 5.52. The van der Waals surface area contributed by atoms with Gasteiger partial charge in [-0.2, -0.15) is 0 Å². The standard InChI is InChI=1S/C13H21BClN3O/c1-3-10-8-16-13(15)7-12(10)17-11-5-4-6-18(9-11)14(2)19/h7-8,11,19H,3-6,9H2,1-2H3,(H,16,17)/t11-/m1/s1. The Morgan fingerprint density at radius 1 is 1.63 bits per heavy atom. The minimum absolute atomic E-state index is 0.354. The molecule has 2 N–H and O–H groups in total. The Morgan fingerprint density at radius 2 is 2.42 bits per heavy atom. The molecule has 104 valence electrons. The van der Waals surface area contributed by atoms with Gasteiger partial charge in [0.05, 0.1) is 0 Å². The first-order valence-electron chi connectivity index (χ1n) is 6.93. The third kappa shape index (κ3) is 3.84. The molecular weight excluding hydrogens is 260 g/mol. The van der Waals surface area contributed by atoms with Gasteiger partial charge in [0.1, 0.15) is 5.15 Å². The monoisotopic (exact) mass is 281 g/mol. The molecule has 19 heavy (non-hydrogen) atoms. The molecule has 1 fully saturated rings. The molecule has 0 amide bonds. The molecule has 0 bridgehead atoms. The molecule has 0 radical (unpaired) electrons. The summed E-state index contributed by atoms with van der Waals surface area (Å²) in [6, 6.07) is 2.24. The molecule has 4 nitrogen and oxygen atoms in total. The van der Waals surface area contributed by atoms with E-state index in [1.807, 2.05) is 19.1 Å². The van der Waals surface area contributed by atoms with Crippen LogP contribution in [0.15, 0.2) is 12.3 Å². The summed E-state index contributed by atoms with van der Waals surface area (Å²) in [5.74, 6) is 0. The number of aromatic nitrogens is 1. The van der Waals surface area contributed by atoms with Crippen LogP contribution < -0.4 is 5.32 Å². The molecule has 0 saturated carbocycles. The van der Waals surface area contributed by atoms with Gasteiger partial charge in [-0.05, 0) is 44.3 Å². The van der Waals surface area contributed by atoms with Crippen LogP contribution in [0.25, 0.3) is 0 Å². The summed E-state index contributed by atoms with van der Waals surface area (Å²) in [6.07, 6.45) is 4.98. The summed E-state index contributed by atoms with van der Waals surface area (Å²) >= 11 is 5.97. The lowest BCUT2D eigenvalue weighted by Gasteiger charge is -2.34. The van der Waals surface area contributed by atoms with Crippen LogP contribution in [0.1, 0.15) is 25.3 Å². The van der Waals surface area contributed by atoms with Gasteiger partial charge >= 0.3 is 7.05 Å². The van der Waals surface area contributed by atoms with Gasteiger partial charge < -0.3 is 15.2 Å². The van der Waals surface area contributed by atoms with E-state index in [-0.39, 0.29) is 7.05 Å². The van der Waals surface area contributed by atoms with Crippen molar-refractivity contribution in [2.45, 2.75) is 39.1 Å². The van der Waals surface area contributed by atoms with E-state index in [9.17, 15) is 5.02 Å². The predicted molar refractivity (Wildman–Crippen MR) is 80.7 cm³/mol. The molecule has 1 aliphatic rings. The average Bonchev–Trinajstić information content (AvgIpc) is 2.39. The molecule has 1 saturated heterocycles. The summed E-state index contributed by atoms with van der Waals surface area (Å²) in [5, 5.41) is 13.7. The van der Waals surface area contributed by atoms with Crippen molar-refractivity contribution in [2.24, 2.45) is 0 Å². The van der Waals surface area contributed by atoms with Crippen molar-refractivity contribution in [3.05, 3.63) is 23.0 Å². The van der Waals surface area contributed by atoms with Gasteiger partial charge in [0.2, 0.25) is 0 Å². The van der Waals surface area contributed by atoms with E-state index in [0.717, 1.165) is 38.0 Å². The molecule has 1 aromatic rings. The van der Waals surface area contributed by atoms with Crippen LogP contribution in [0.3, 0.4) is 0 Å². The molecule has 0 spiro atoms. The van der Waals surface area contributed by atoms with E-state index in [1.165, 1.54) is 5.56 Å². The number of pyridine rings is 1. The number of aryl methyl sites for hydroxylation is 1.